The molecule has 2 aromatic heterocycles. The lowest BCUT2D eigenvalue weighted by Gasteiger charge is -2.08. The summed E-state index contributed by atoms with van der Waals surface area (Å²) in [4.78, 5) is 23.8. The van der Waals surface area contributed by atoms with Gasteiger partial charge >= 0.3 is 0 Å². The van der Waals surface area contributed by atoms with E-state index in [0.29, 0.717) is 36.6 Å². The second-order valence-corrected chi connectivity index (χ2v) is 6.33. The van der Waals surface area contributed by atoms with Crippen LogP contribution >= 0.6 is 0 Å². The monoisotopic (exact) mass is 360 g/mol. The van der Waals surface area contributed by atoms with Crippen LogP contribution in [0.2, 0.25) is 0 Å². The number of H-pyrrole nitrogens is 1. The number of hydrogen-bond acceptors (Lipinski definition) is 4. The van der Waals surface area contributed by atoms with Gasteiger partial charge in [0, 0.05) is 13.0 Å². The molecule has 0 aliphatic rings. The number of fused-ring (bicyclic) bond motifs is 1. The summed E-state index contributed by atoms with van der Waals surface area (Å²) in [5.74, 6) is 1.46. The number of ether oxygens (including phenoxy) is 1. The molecule has 0 fully saturated rings. The molecule has 0 radical (unpaired) electrons. The highest BCUT2D eigenvalue weighted by Crippen LogP contribution is 2.16. The van der Waals surface area contributed by atoms with E-state index >= 15 is 0 Å². The highest BCUT2D eigenvalue weighted by atomic mass is 16.5. The van der Waals surface area contributed by atoms with Crippen molar-refractivity contribution >= 4 is 11.2 Å². The van der Waals surface area contributed by atoms with E-state index in [1.54, 1.807) is 6.33 Å². The molecular formula is C21H20N4O2. The van der Waals surface area contributed by atoms with E-state index in [0.717, 1.165) is 16.9 Å². The molecule has 0 bridgehead atoms. The predicted molar refractivity (Wildman–Crippen MR) is 104 cm³/mol. The number of imidazole rings is 1. The average molecular weight is 360 g/mol. The Morgan fingerprint density at radius 3 is 2.56 bits per heavy atom. The van der Waals surface area contributed by atoms with Crippen LogP contribution in [0.25, 0.3) is 11.2 Å². The molecule has 0 unspecified atom stereocenters. The van der Waals surface area contributed by atoms with E-state index < -0.39 is 0 Å². The largest absolute Gasteiger partial charge is 0.489 e. The number of hydrogen-bond donors (Lipinski definition) is 1. The fraction of sp³-hybridized carbons (Fsp3) is 0.190. The topological polar surface area (TPSA) is 72.8 Å². The maximum atomic E-state index is 12.3. The van der Waals surface area contributed by atoms with Crippen molar-refractivity contribution in [1.29, 1.82) is 0 Å². The van der Waals surface area contributed by atoms with Gasteiger partial charge in [-0.1, -0.05) is 49.4 Å². The zero-order valence-electron chi connectivity index (χ0n) is 15.1. The van der Waals surface area contributed by atoms with Crippen LogP contribution < -0.4 is 10.3 Å². The van der Waals surface area contributed by atoms with Gasteiger partial charge in [0.15, 0.2) is 11.2 Å². The summed E-state index contributed by atoms with van der Waals surface area (Å²) in [5.41, 5.74) is 3.01. The lowest BCUT2D eigenvalue weighted by Crippen LogP contribution is -2.15. The first kappa shape index (κ1) is 17.0. The first-order valence-corrected chi connectivity index (χ1v) is 8.92. The molecule has 6 nitrogen and oxygen atoms in total. The number of aromatic nitrogens is 4. The van der Waals surface area contributed by atoms with E-state index in [-0.39, 0.29) is 5.56 Å². The molecule has 0 atom stereocenters. The van der Waals surface area contributed by atoms with Crippen LogP contribution in [-0.2, 0) is 19.6 Å². The molecule has 0 spiro atoms. The van der Waals surface area contributed by atoms with E-state index in [1.807, 2.05) is 66.1 Å². The number of benzene rings is 2. The van der Waals surface area contributed by atoms with Crippen LogP contribution in [0.5, 0.6) is 5.75 Å². The minimum absolute atomic E-state index is 0.155. The lowest BCUT2D eigenvalue weighted by atomic mass is 10.2. The summed E-state index contributed by atoms with van der Waals surface area (Å²) in [7, 11) is 0. The number of aryl methyl sites for hydroxylation is 1. The Balaban J connectivity index is 1.49. The van der Waals surface area contributed by atoms with Crippen LogP contribution in [0, 0.1) is 0 Å². The van der Waals surface area contributed by atoms with Crippen LogP contribution in [-0.4, -0.2) is 19.5 Å². The molecule has 1 N–H and O–H groups in total. The van der Waals surface area contributed by atoms with Gasteiger partial charge in [-0.05, 0) is 23.3 Å². The van der Waals surface area contributed by atoms with Crippen molar-refractivity contribution in [2.75, 3.05) is 0 Å². The van der Waals surface area contributed by atoms with E-state index in [4.69, 9.17) is 4.74 Å². The average Bonchev–Trinajstić information content (AvgIpc) is 3.11. The summed E-state index contributed by atoms with van der Waals surface area (Å²) < 4.78 is 7.63. The van der Waals surface area contributed by atoms with Gasteiger partial charge in [0.1, 0.15) is 18.2 Å². The Hall–Kier alpha value is -3.41. The molecule has 0 amide bonds. The van der Waals surface area contributed by atoms with Crippen LogP contribution in [0.3, 0.4) is 0 Å². The standard InChI is InChI=1S/C21H20N4O2/c1-2-18-23-20-19(21(26)24-18)25(14-22-20)12-15-8-10-17(11-9-15)27-13-16-6-4-3-5-7-16/h3-11,14H,2,12-13H2,1H3,(H,23,24,26). The minimum atomic E-state index is -0.155. The number of nitrogens with one attached hydrogen (secondary N) is 1. The van der Waals surface area contributed by atoms with E-state index in [2.05, 4.69) is 15.0 Å². The van der Waals surface area contributed by atoms with Crippen LogP contribution in [0.4, 0.5) is 0 Å². The van der Waals surface area contributed by atoms with Crippen molar-refractivity contribution in [3.05, 3.63) is 88.2 Å². The maximum Gasteiger partial charge on any atom is 0.277 e. The third-order valence-electron chi connectivity index (χ3n) is 4.39. The van der Waals surface area contributed by atoms with Crippen molar-refractivity contribution in [3.63, 3.8) is 0 Å². The Morgan fingerprint density at radius 1 is 1.04 bits per heavy atom. The fourth-order valence-corrected chi connectivity index (χ4v) is 2.95. The first-order chi connectivity index (χ1) is 13.2. The molecule has 0 saturated heterocycles. The van der Waals surface area contributed by atoms with Crippen molar-refractivity contribution in [3.8, 4) is 5.75 Å². The molecule has 0 aliphatic heterocycles. The summed E-state index contributed by atoms with van der Waals surface area (Å²) in [6.07, 6.45) is 2.33. The zero-order chi connectivity index (χ0) is 18.6. The molecule has 6 heteroatoms. The van der Waals surface area contributed by atoms with Crippen molar-refractivity contribution in [2.24, 2.45) is 0 Å². The van der Waals surface area contributed by atoms with Gasteiger partial charge in [-0.2, -0.15) is 0 Å². The Morgan fingerprint density at radius 2 is 1.81 bits per heavy atom. The van der Waals surface area contributed by atoms with Gasteiger partial charge in [-0.3, -0.25) is 4.79 Å². The van der Waals surface area contributed by atoms with Crippen molar-refractivity contribution in [2.45, 2.75) is 26.5 Å². The third kappa shape index (κ3) is 3.74. The Kier molecular flexibility index (Phi) is 4.70. The van der Waals surface area contributed by atoms with Gasteiger partial charge in [-0.15, -0.1) is 0 Å². The Labute approximate surface area is 156 Å². The van der Waals surface area contributed by atoms with Crippen LogP contribution in [0.1, 0.15) is 23.9 Å². The minimum Gasteiger partial charge on any atom is -0.489 e. The molecule has 0 aliphatic carbocycles. The number of aromatic amines is 1. The summed E-state index contributed by atoms with van der Waals surface area (Å²) in [6.45, 7) is 3.03. The lowest BCUT2D eigenvalue weighted by molar-refractivity contribution is 0.306. The molecule has 0 saturated carbocycles. The van der Waals surface area contributed by atoms with Crippen molar-refractivity contribution in [1.82, 2.24) is 19.5 Å². The van der Waals surface area contributed by atoms with Gasteiger partial charge in [-0.25, -0.2) is 9.97 Å². The van der Waals surface area contributed by atoms with E-state index in [1.165, 1.54) is 0 Å². The second-order valence-electron chi connectivity index (χ2n) is 6.33. The van der Waals surface area contributed by atoms with Gasteiger partial charge < -0.3 is 14.3 Å². The molecule has 2 heterocycles. The van der Waals surface area contributed by atoms with E-state index in [9.17, 15) is 4.79 Å². The quantitative estimate of drug-likeness (QED) is 0.572. The van der Waals surface area contributed by atoms with Gasteiger partial charge in [0.05, 0.1) is 6.33 Å². The summed E-state index contributed by atoms with van der Waals surface area (Å²) >= 11 is 0. The van der Waals surface area contributed by atoms with Crippen molar-refractivity contribution < 1.29 is 4.74 Å². The molecule has 136 valence electrons. The number of nitrogens with zero attached hydrogens (tertiary/aromatic N) is 3. The summed E-state index contributed by atoms with van der Waals surface area (Å²) in [5, 5.41) is 0. The Bertz CT molecular complexity index is 1100. The fourth-order valence-electron chi connectivity index (χ4n) is 2.95. The highest BCUT2D eigenvalue weighted by Gasteiger charge is 2.10. The van der Waals surface area contributed by atoms with Gasteiger partial charge in [0.2, 0.25) is 0 Å². The summed E-state index contributed by atoms with van der Waals surface area (Å²) in [6, 6.07) is 17.9. The number of rotatable bonds is 6. The molecular weight excluding hydrogens is 340 g/mol. The zero-order valence-corrected chi connectivity index (χ0v) is 15.1. The smallest absolute Gasteiger partial charge is 0.277 e. The maximum absolute atomic E-state index is 12.3. The van der Waals surface area contributed by atoms with Gasteiger partial charge in [0.25, 0.3) is 5.56 Å². The third-order valence-corrected chi connectivity index (χ3v) is 4.39. The first-order valence-electron chi connectivity index (χ1n) is 8.92. The highest BCUT2D eigenvalue weighted by molar-refractivity contribution is 5.69. The molecule has 2 aromatic carbocycles. The molecule has 4 rings (SSSR count). The SMILES string of the molecule is CCc1nc2ncn(Cc3ccc(OCc4ccccc4)cc3)c2c(=O)[nH]1. The molecule has 4 aromatic rings. The normalized spacial score (nSPS) is 11.0. The molecule has 27 heavy (non-hydrogen) atoms. The predicted octanol–water partition coefficient (Wildman–Crippen LogP) is 3.31. The second kappa shape index (κ2) is 7.45. The van der Waals surface area contributed by atoms with Crippen LogP contribution in [0.15, 0.2) is 65.7 Å².